The average Bonchev–Trinajstić information content (AvgIpc) is 3.87. The second-order valence-corrected chi connectivity index (χ2v) is 16.0. The molecule has 62 heavy (non-hydrogen) atoms. The zero-order valence-electron chi connectivity index (χ0n) is 33.4. The third-order valence-electron chi connectivity index (χ3n) is 12.5. The zero-order chi connectivity index (χ0) is 40.7. The third-order valence-corrected chi connectivity index (χ3v) is 12.5. The van der Waals surface area contributed by atoms with Crippen LogP contribution in [0.1, 0.15) is 0 Å². The van der Waals surface area contributed by atoms with Crippen molar-refractivity contribution in [3.8, 4) is 45.5 Å². The second kappa shape index (κ2) is 13.6. The Labute approximate surface area is 356 Å². The molecule has 3 aromatic heterocycles. The van der Waals surface area contributed by atoms with Crippen molar-refractivity contribution in [1.82, 2.24) is 24.1 Å². The maximum absolute atomic E-state index is 5.19. The Morgan fingerprint density at radius 3 is 1.16 bits per heavy atom. The highest BCUT2D eigenvalue weighted by Gasteiger charge is 2.18. The molecular formula is C57H35N5. The van der Waals surface area contributed by atoms with Crippen molar-refractivity contribution in [2.75, 3.05) is 0 Å². The number of rotatable bonds is 5. The molecule has 0 aliphatic carbocycles. The standard InChI is InChI=1S/C57H35N5/c1-2-14-36(15-3-1)55-58-56(60-57(59-55)38-28-32-45-43-18-5-4-16-41(43)42-17-6-7-19-44(42)49(45)34-38)37-26-29-39(30-27-37)61-53-25-13-10-22-48(53)50-35-40(31-33-54(50)61)62-51-23-11-8-20-46(51)47-21-9-12-24-52(47)62/h1-35H. The van der Waals surface area contributed by atoms with Gasteiger partial charge in [0.15, 0.2) is 17.5 Å². The fraction of sp³-hybridized carbons (Fsp3) is 0. The summed E-state index contributed by atoms with van der Waals surface area (Å²) >= 11 is 0. The van der Waals surface area contributed by atoms with Crippen molar-refractivity contribution in [3.05, 3.63) is 212 Å². The Morgan fingerprint density at radius 2 is 0.597 bits per heavy atom. The second-order valence-electron chi connectivity index (χ2n) is 16.0. The number of hydrogen-bond donors (Lipinski definition) is 0. The summed E-state index contributed by atoms with van der Waals surface area (Å²) in [6, 6.07) is 75.7. The highest BCUT2D eigenvalue weighted by Crippen LogP contribution is 2.39. The Hall–Kier alpha value is -8.41. The van der Waals surface area contributed by atoms with Gasteiger partial charge in [-0.15, -0.1) is 0 Å². The highest BCUT2D eigenvalue weighted by atomic mass is 15.0. The molecule has 0 bridgehead atoms. The van der Waals surface area contributed by atoms with E-state index in [1.54, 1.807) is 0 Å². The molecule has 0 aliphatic heterocycles. The molecule has 5 heteroatoms. The summed E-state index contributed by atoms with van der Waals surface area (Å²) in [6.45, 7) is 0. The van der Waals surface area contributed by atoms with Gasteiger partial charge in [-0.2, -0.15) is 0 Å². The monoisotopic (exact) mass is 789 g/mol. The third kappa shape index (κ3) is 5.25. The lowest BCUT2D eigenvalue weighted by Crippen LogP contribution is -2.01. The Morgan fingerprint density at radius 1 is 0.226 bits per heavy atom. The molecule has 13 rings (SSSR count). The first kappa shape index (κ1) is 34.5. The summed E-state index contributed by atoms with van der Waals surface area (Å²) in [5.74, 6) is 1.90. The average molecular weight is 790 g/mol. The van der Waals surface area contributed by atoms with E-state index in [1.807, 2.05) is 18.2 Å². The van der Waals surface area contributed by atoms with Crippen LogP contribution in [0.3, 0.4) is 0 Å². The molecule has 0 aliphatic rings. The van der Waals surface area contributed by atoms with Crippen LogP contribution in [0.25, 0.3) is 121 Å². The van der Waals surface area contributed by atoms with Gasteiger partial charge in [0.25, 0.3) is 0 Å². The molecule has 0 radical (unpaired) electrons. The fourth-order valence-electron chi connectivity index (χ4n) is 9.74. The van der Waals surface area contributed by atoms with Crippen LogP contribution in [0.4, 0.5) is 0 Å². The predicted molar refractivity (Wildman–Crippen MR) is 257 cm³/mol. The van der Waals surface area contributed by atoms with Crippen molar-refractivity contribution in [3.63, 3.8) is 0 Å². The van der Waals surface area contributed by atoms with Crippen LogP contribution >= 0.6 is 0 Å². The van der Waals surface area contributed by atoms with E-state index in [1.165, 1.54) is 64.9 Å². The molecule has 288 valence electrons. The Balaban J connectivity index is 0.944. The number of benzene rings is 10. The lowest BCUT2D eigenvalue weighted by molar-refractivity contribution is 1.07. The molecule has 13 aromatic rings. The van der Waals surface area contributed by atoms with E-state index in [0.717, 1.165) is 39.1 Å². The molecule has 0 saturated heterocycles. The summed E-state index contributed by atoms with van der Waals surface area (Å²) < 4.78 is 4.75. The van der Waals surface area contributed by atoms with Gasteiger partial charge in [-0.05, 0) is 99.0 Å². The molecule has 10 aromatic carbocycles. The maximum atomic E-state index is 5.19. The van der Waals surface area contributed by atoms with Gasteiger partial charge < -0.3 is 9.13 Å². The number of fused-ring (bicyclic) bond motifs is 12. The molecule has 0 spiro atoms. The lowest BCUT2D eigenvalue weighted by atomic mass is 9.93. The first-order chi connectivity index (χ1) is 30.7. The minimum atomic E-state index is 0.627. The number of para-hydroxylation sites is 3. The SMILES string of the molecule is c1ccc(-c2nc(-c3ccc(-n4c5ccccc5c5cc(-n6c7ccccc7c7ccccc76)ccc54)cc3)nc(-c3ccc4c5ccccc5c5ccccc5c4c3)n2)cc1. The summed E-state index contributed by atoms with van der Waals surface area (Å²) in [6.07, 6.45) is 0. The summed E-state index contributed by atoms with van der Waals surface area (Å²) in [7, 11) is 0. The highest BCUT2D eigenvalue weighted by molar-refractivity contribution is 6.25. The van der Waals surface area contributed by atoms with Crippen LogP contribution in [-0.2, 0) is 0 Å². The topological polar surface area (TPSA) is 48.5 Å². The van der Waals surface area contributed by atoms with Crippen LogP contribution < -0.4 is 0 Å². The van der Waals surface area contributed by atoms with Crippen molar-refractivity contribution in [2.45, 2.75) is 0 Å². The number of hydrogen-bond acceptors (Lipinski definition) is 3. The van der Waals surface area contributed by atoms with Gasteiger partial charge in [0.1, 0.15) is 0 Å². The zero-order valence-corrected chi connectivity index (χ0v) is 33.4. The van der Waals surface area contributed by atoms with Crippen LogP contribution in [-0.4, -0.2) is 24.1 Å². The van der Waals surface area contributed by atoms with E-state index >= 15 is 0 Å². The predicted octanol–water partition coefficient (Wildman–Crippen LogP) is 14.5. The van der Waals surface area contributed by atoms with Crippen LogP contribution in [0.5, 0.6) is 0 Å². The van der Waals surface area contributed by atoms with Gasteiger partial charge in [-0.1, -0.05) is 146 Å². The smallest absolute Gasteiger partial charge is 0.164 e. The molecule has 0 atom stereocenters. The molecule has 0 unspecified atom stereocenters. The maximum Gasteiger partial charge on any atom is 0.164 e. The molecule has 0 saturated carbocycles. The van der Waals surface area contributed by atoms with E-state index in [4.69, 9.17) is 15.0 Å². The van der Waals surface area contributed by atoms with Gasteiger partial charge in [0.2, 0.25) is 0 Å². The van der Waals surface area contributed by atoms with Gasteiger partial charge in [0.05, 0.1) is 22.1 Å². The summed E-state index contributed by atoms with van der Waals surface area (Å²) in [5.41, 5.74) is 9.71. The largest absolute Gasteiger partial charge is 0.309 e. The van der Waals surface area contributed by atoms with Gasteiger partial charge in [-0.3, -0.25) is 0 Å². The fourth-order valence-corrected chi connectivity index (χ4v) is 9.74. The van der Waals surface area contributed by atoms with Gasteiger partial charge >= 0.3 is 0 Å². The van der Waals surface area contributed by atoms with Crippen molar-refractivity contribution in [2.24, 2.45) is 0 Å². The van der Waals surface area contributed by atoms with Crippen LogP contribution in [0, 0.1) is 0 Å². The van der Waals surface area contributed by atoms with Crippen molar-refractivity contribution in [1.29, 1.82) is 0 Å². The Kier molecular flexibility index (Phi) is 7.54. The molecular weight excluding hydrogens is 755 g/mol. The normalized spacial score (nSPS) is 11.9. The Bertz CT molecular complexity index is 3830. The van der Waals surface area contributed by atoms with E-state index in [9.17, 15) is 0 Å². The van der Waals surface area contributed by atoms with E-state index < -0.39 is 0 Å². The number of aromatic nitrogens is 5. The van der Waals surface area contributed by atoms with Crippen LogP contribution in [0.2, 0.25) is 0 Å². The first-order valence-corrected chi connectivity index (χ1v) is 21.0. The quantitative estimate of drug-likeness (QED) is 0.163. The van der Waals surface area contributed by atoms with Gasteiger partial charge in [-0.25, -0.2) is 15.0 Å². The molecule has 0 N–H and O–H groups in total. The summed E-state index contributed by atoms with van der Waals surface area (Å²) in [4.78, 5) is 15.4. The van der Waals surface area contributed by atoms with E-state index in [2.05, 4.69) is 203 Å². The molecule has 5 nitrogen and oxygen atoms in total. The molecule has 0 amide bonds. The van der Waals surface area contributed by atoms with E-state index in [0.29, 0.717) is 17.5 Å². The summed E-state index contributed by atoms with van der Waals surface area (Å²) in [5, 5.41) is 12.3. The lowest BCUT2D eigenvalue weighted by Gasteiger charge is -2.13. The molecule has 3 heterocycles. The van der Waals surface area contributed by atoms with Crippen LogP contribution in [0.15, 0.2) is 212 Å². The van der Waals surface area contributed by atoms with Gasteiger partial charge in [0, 0.05) is 49.6 Å². The first-order valence-electron chi connectivity index (χ1n) is 21.0. The number of nitrogens with zero attached hydrogens (tertiary/aromatic N) is 5. The molecule has 0 fully saturated rings. The van der Waals surface area contributed by atoms with Crippen molar-refractivity contribution < 1.29 is 0 Å². The van der Waals surface area contributed by atoms with E-state index in [-0.39, 0.29) is 0 Å². The minimum absolute atomic E-state index is 0.627. The van der Waals surface area contributed by atoms with Crippen molar-refractivity contribution >= 4 is 75.9 Å². The minimum Gasteiger partial charge on any atom is -0.309 e.